The Labute approximate surface area is 146 Å². The highest BCUT2D eigenvalue weighted by molar-refractivity contribution is 7.98. The minimum Gasteiger partial charge on any atom is -0.385 e. The van der Waals surface area contributed by atoms with Gasteiger partial charge in [0.15, 0.2) is 0 Å². The second-order valence-electron chi connectivity index (χ2n) is 5.20. The zero-order chi connectivity index (χ0) is 18.7. The average molecular weight is 353 g/mol. The van der Waals surface area contributed by atoms with Gasteiger partial charge in [0.25, 0.3) is 0 Å². The molecule has 0 aliphatic rings. The fraction of sp³-hybridized carbons (Fsp3) is 0.875. The molecule has 1 atom stereocenters. The van der Waals surface area contributed by atoms with Gasteiger partial charge < -0.3 is 25.3 Å². The lowest BCUT2D eigenvalue weighted by molar-refractivity contribution is -0.122. The summed E-state index contributed by atoms with van der Waals surface area (Å²) in [5.74, 6) is 1.12. The van der Waals surface area contributed by atoms with Crippen LogP contribution in [0.25, 0.3) is 0 Å². The molecule has 6 nitrogen and oxygen atoms in total. The molecule has 0 saturated heterocycles. The predicted octanol–water partition coefficient (Wildman–Crippen LogP) is 1.32. The van der Waals surface area contributed by atoms with Gasteiger partial charge in [-0.25, -0.2) is 0 Å². The van der Waals surface area contributed by atoms with E-state index in [0.29, 0.717) is 19.3 Å². The molecule has 23 heavy (non-hydrogen) atoms. The summed E-state index contributed by atoms with van der Waals surface area (Å²) in [7, 11) is 3.38. The number of carbonyl (C=O) groups is 2. The Balaban J connectivity index is -0.000000315. The summed E-state index contributed by atoms with van der Waals surface area (Å²) in [5, 5.41) is 14.8. The molecule has 0 saturated carbocycles. The van der Waals surface area contributed by atoms with Crippen LogP contribution in [0.4, 0.5) is 0 Å². The minimum absolute atomic E-state index is 0.133. The van der Waals surface area contributed by atoms with E-state index >= 15 is 0 Å². The first-order valence-corrected chi connectivity index (χ1v) is 9.27. The van der Waals surface area contributed by atoms with Crippen LogP contribution >= 0.6 is 11.8 Å². The van der Waals surface area contributed by atoms with Crippen LogP contribution in [0.15, 0.2) is 0 Å². The Morgan fingerprint density at radius 1 is 1.35 bits per heavy atom. The van der Waals surface area contributed by atoms with E-state index in [4.69, 9.17) is 9.84 Å². The van der Waals surface area contributed by atoms with Gasteiger partial charge in [-0.2, -0.15) is 11.8 Å². The van der Waals surface area contributed by atoms with Crippen molar-refractivity contribution in [3.05, 3.63) is 0 Å². The number of rotatable bonds is 10. The van der Waals surface area contributed by atoms with Crippen molar-refractivity contribution >= 4 is 24.0 Å². The number of hydrogen-bond donors (Lipinski definition) is 3. The number of aliphatic hydroxyl groups excluding tert-OH is 1. The molecular weight excluding hydrogens is 316 g/mol. The number of hydrogen-bond acceptors (Lipinski definition) is 6. The number of carbonyl (C=O) groups excluding carboxylic acids is 2. The third kappa shape index (κ3) is 19.3. The Bertz CT molecular complexity index is 277. The Kier molecular flexibility index (Phi) is 23.0. The standard InChI is InChI=1S/C7H16N2OS.C7H14O3.C2H6/c1-8-4-3-7(10)9-5-6-11-2;1-7(2,5-10-3)6(9)4-8;1-2/h8H,3-6H2,1-2H3,(H,9,10);4,6,9H,5H2,1-3H3;1-2H3. The second-order valence-corrected chi connectivity index (χ2v) is 6.18. The molecule has 1 unspecified atom stereocenters. The lowest BCUT2D eigenvalue weighted by Gasteiger charge is -2.25. The predicted molar refractivity (Wildman–Crippen MR) is 99.0 cm³/mol. The van der Waals surface area contributed by atoms with Crippen LogP contribution in [-0.4, -0.2) is 69.3 Å². The zero-order valence-electron chi connectivity index (χ0n) is 15.8. The molecule has 0 aromatic heterocycles. The number of aliphatic hydroxyl groups is 1. The van der Waals surface area contributed by atoms with Gasteiger partial charge in [-0.15, -0.1) is 0 Å². The number of amides is 1. The van der Waals surface area contributed by atoms with Crippen LogP contribution in [0.5, 0.6) is 0 Å². The van der Waals surface area contributed by atoms with Crippen LogP contribution in [0, 0.1) is 5.41 Å². The van der Waals surface area contributed by atoms with Crippen LogP contribution in [0.2, 0.25) is 0 Å². The number of thioether (sulfide) groups is 1. The van der Waals surface area contributed by atoms with Gasteiger partial charge in [0, 0.05) is 37.8 Å². The average Bonchev–Trinajstić information content (AvgIpc) is 2.54. The van der Waals surface area contributed by atoms with Crippen LogP contribution in [0.1, 0.15) is 34.1 Å². The maximum atomic E-state index is 10.9. The molecule has 0 aliphatic carbocycles. The number of nitrogens with one attached hydrogen (secondary N) is 2. The highest BCUT2D eigenvalue weighted by Crippen LogP contribution is 2.18. The molecule has 7 heteroatoms. The molecule has 0 bridgehead atoms. The first-order valence-electron chi connectivity index (χ1n) is 7.88. The molecule has 1 amide bonds. The summed E-state index contributed by atoms with van der Waals surface area (Å²) in [6.45, 7) is 9.47. The first-order chi connectivity index (χ1) is 10.9. The molecular formula is C16H36N2O4S. The smallest absolute Gasteiger partial charge is 0.221 e. The van der Waals surface area contributed by atoms with E-state index in [1.807, 2.05) is 27.2 Å². The van der Waals surface area contributed by atoms with Crippen molar-refractivity contribution < 1.29 is 19.4 Å². The van der Waals surface area contributed by atoms with Gasteiger partial charge in [-0.1, -0.05) is 27.7 Å². The van der Waals surface area contributed by atoms with Gasteiger partial charge in [0.05, 0.1) is 6.61 Å². The van der Waals surface area contributed by atoms with Crippen molar-refractivity contribution in [2.24, 2.45) is 5.41 Å². The van der Waals surface area contributed by atoms with E-state index in [1.165, 1.54) is 0 Å². The molecule has 0 heterocycles. The lowest BCUT2D eigenvalue weighted by atomic mass is 9.88. The molecule has 0 rings (SSSR count). The molecule has 0 spiro atoms. The van der Waals surface area contributed by atoms with Crippen molar-refractivity contribution in [2.75, 3.05) is 45.9 Å². The number of aldehydes is 1. The SMILES string of the molecule is CC.CNCCC(=O)NCCSC.COCC(C)(C)C(O)C=O. The van der Waals surface area contributed by atoms with E-state index in [-0.39, 0.29) is 5.91 Å². The van der Waals surface area contributed by atoms with E-state index in [9.17, 15) is 9.59 Å². The third-order valence-electron chi connectivity index (χ3n) is 2.68. The van der Waals surface area contributed by atoms with Crippen LogP contribution in [-0.2, 0) is 14.3 Å². The summed E-state index contributed by atoms with van der Waals surface area (Å²) in [5.41, 5.74) is -0.476. The Morgan fingerprint density at radius 2 is 1.91 bits per heavy atom. The maximum absolute atomic E-state index is 10.9. The maximum Gasteiger partial charge on any atom is 0.221 e. The number of ether oxygens (including phenoxy) is 1. The largest absolute Gasteiger partial charge is 0.385 e. The third-order valence-corrected chi connectivity index (χ3v) is 3.29. The summed E-state index contributed by atoms with van der Waals surface area (Å²) in [6, 6.07) is 0. The van der Waals surface area contributed by atoms with E-state index in [0.717, 1.165) is 18.8 Å². The van der Waals surface area contributed by atoms with Gasteiger partial charge in [0.2, 0.25) is 5.91 Å². The van der Waals surface area contributed by atoms with E-state index < -0.39 is 11.5 Å². The normalized spacial score (nSPS) is 11.3. The second kappa shape index (κ2) is 19.4. The highest BCUT2D eigenvalue weighted by atomic mass is 32.2. The first kappa shape index (κ1) is 27.2. The lowest BCUT2D eigenvalue weighted by Crippen LogP contribution is -2.34. The molecule has 0 fully saturated rings. The molecule has 0 radical (unpaired) electrons. The van der Waals surface area contributed by atoms with Crippen molar-refractivity contribution in [2.45, 2.75) is 40.2 Å². The fourth-order valence-electron chi connectivity index (χ4n) is 1.26. The monoisotopic (exact) mass is 352 g/mol. The van der Waals surface area contributed by atoms with Crippen molar-refractivity contribution in [3.63, 3.8) is 0 Å². The van der Waals surface area contributed by atoms with Crippen LogP contribution < -0.4 is 10.6 Å². The summed E-state index contributed by atoms with van der Waals surface area (Å²) < 4.78 is 4.81. The van der Waals surface area contributed by atoms with E-state index in [2.05, 4.69) is 10.6 Å². The van der Waals surface area contributed by atoms with Gasteiger partial charge in [-0.3, -0.25) is 4.79 Å². The summed E-state index contributed by atoms with van der Waals surface area (Å²) in [4.78, 5) is 21.0. The number of methoxy groups -OCH3 is 1. The molecule has 0 aliphatic heterocycles. The minimum atomic E-state index is -0.938. The summed E-state index contributed by atoms with van der Waals surface area (Å²) in [6.07, 6.45) is 2.19. The topological polar surface area (TPSA) is 87.7 Å². The highest BCUT2D eigenvalue weighted by Gasteiger charge is 2.26. The Hall–Kier alpha value is -0.630. The van der Waals surface area contributed by atoms with E-state index in [1.54, 1.807) is 32.7 Å². The van der Waals surface area contributed by atoms with Crippen molar-refractivity contribution in [3.8, 4) is 0 Å². The van der Waals surface area contributed by atoms with Gasteiger partial charge in [0.1, 0.15) is 12.4 Å². The summed E-state index contributed by atoms with van der Waals surface area (Å²) >= 11 is 1.74. The van der Waals surface area contributed by atoms with Crippen molar-refractivity contribution in [1.29, 1.82) is 0 Å². The quantitative estimate of drug-likeness (QED) is 0.406. The molecule has 0 aromatic rings. The van der Waals surface area contributed by atoms with Gasteiger partial charge >= 0.3 is 0 Å². The van der Waals surface area contributed by atoms with Crippen LogP contribution in [0.3, 0.4) is 0 Å². The molecule has 0 aromatic carbocycles. The van der Waals surface area contributed by atoms with Crippen molar-refractivity contribution in [1.82, 2.24) is 10.6 Å². The molecule has 140 valence electrons. The molecule has 3 N–H and O–H groups in total. The Morgan fingerprint density at radius 3 is 2.30 bits per heavy atom. The fourth-order valence-corrected chi connectivity index (χ4v) is 1.57. The van der Waals surface area contributed by atoms with Gasteiger partial charge in [-0.05, 0) is 13.3 Å². The zero-order valence-corrected chi connectivity index (χ0v) is 16.6.